The second kappa shape index (κ2) is 20.1. The van der Waals surface area contributed by atoms with Gasteiger partial charge in [-0.05, 0) is 80.6 Å². The number of carbonyl (C=O) groups is 7. The van der Waals surface area contributed by atoms with Crippen molar-refractivity contribution >= 4 is 58.0 Å². The number of hydrogen-bond acceptors (Lipinski definition) is 14. The molecule has 5 amide bonds. The monoisotopic (exact) mass is 895 g/mol. The van der Waals surface area contributed by atoms with E-state index in [-0.39, 0.29) is 85.0 Å². The zero-order valence-electron chi connectivity index (χ0n) is 36.2. The van der Waals surface area contributed by atoms with Crippen LogP contribution in [0.5, 0.6) is 17.2 Å². The van der Waals surface area contributed by atoms with E-state index in [1.54, 1.807) is 0 Å². The number of rotatable bonds is 19. The first kappa shape index (κ1) is 45.0. The number of unbranched alkanes of at least 4 members (excludes halogenated alkanes) is 2. The number of aromatic nitrogens is 4. The minimum atomic E-state index is -1.11. The van der Waals surface area contributed by atoms with Crippen molar-refractivity contribution in [3.63, 3.8) is 0 Å². The molecule has 340 valence electrons. The van der Waals surface area contributed by atoms with Crippen LogP contribution in [0.2, 0.25) is 0 Å². The fraction of sp³-hybridized carbons (Fsp3) is 0.333. The highest BCUT2D eigenvalue weighted by Gasteiger charge is 2.46. The van der Waals surface area contributed by atoms with Crippen molar-refractivity contribution in [3.05, 3.63) is 102 Å². The number of Topliss-reactive ketones (excluding diaryl/α,β-unsaturated/α-hetero) is 1. The van der Waals surface area contributed by atoms with E-state index in [0.717, 1.165) is 23.3 Å². The molecule has 8 rings (SSSR count). The van der Waals surface area contributed by atoms with Gasteiger partial charge in [0.2, 0.25) is 17.7 Å². The Labute approximate surface area is 379 Å². The fourth-order valence-corrected chi connectivity index (χ4v) is 8.56. The van der Waals surface area contributed by atoms with E-state index in [1.165, 1.54) is 30.6 Å². The lowest BCUT2D eigenvalue weighted by Crippen LogP contribution is -2.54. The van der Waals surface area contributed by atoms with Crippen LogP contribution in [-0.2, 0) is 30.4 Å². The predicted molar refractivity (Wildman–Crippen MR) is 240 cm³/mol. The highest BCUT2D eigenvalue weighted by molar-refractivity contribution is 6.24. The first-order valence-corrected chi connectivity index (χ1v) is 22.0. The van der Waals surface area contributed by atoms with Gasteiger partial charge in [-0.3, -0.25) is 48.7 Å². The molecule has 1 atom stereocenters. The number of hydrogen-bond donors (Lipinski definition) is 3. The second-order valence-electron chi connectivity index (χ2n) is 16.5. The number of carbonyl (C=O) groups excluding carboxylic acids is 7. The zero-order valence-corrected chi connectivity index (χ0v) is 36.2. The maximum absolute atomic E-state index is 13.3. The van der Waals surface area contributed by atoms with Gasteiger partial charge in [0.05, 0.1) is 29.1 Å². The van der Waals surface area contributed by atoms with Crippen LogP contribution in [0.4, 0.5) is 5.82 Å². The third-order valence-corrected chi connectivity index (χ3v) is 12.0. The fourth-order valence-electron chi connectivity index (χ4n) is 8.56. The van der Waals surface area contributed by atoms with Crippen LogP contribution in [0.25, 0.3) is 22.3 Å². The van der Waals surface area contributed by atoms with Crippen molar-refractivity contribution in [1.29, 1.82) is 0 Å². The minimum Gasteiger partial charge on any atom is -0.485 e. The Morgan fingerprint density at radius 1 is 0.909 bits per heavy atom. The first-order valence-electron chi connectivity index (χ1n) is 22.0. The number of nitrogens with two attached hydrogens (primary N) is 1. The molecule has 3 aliphatic heterocycles. The number of nitrogen functional groups attached to an aromatic ring is 1. The van der Waals surface area contributed by atoms with Gasteiger partial charge >= 0.3 is 0 Å². The summed E-state index contributed by atoms with van der Waals surface area (Å²) in [6.07, 6.45) is 6.44. The average molecular weight is 896 g/mol. The van der Waals surface area contributed by atoms with Gasteiger partial charge in [0.15, 0.2) is 17.2 Å². The molecule has 0 spiro atoms. The van der Waals surface area contributed by atoms with Crippen LogP contribution < -0.4 is 25.8 Å². The number of nitrogens with one attached hydrogen (secondary N) is 2. The minimum absolute atomic E-state index is 0.00619. The van der Waals surface area contributed by atoms with E-state index in [4.69, 9.17) is 20.3 Å². The Morgan fingerprint density at radius 2 is 1.71 bits per heavy atom. The van der Waals surface area contributed by atoms with E-state index in [0.29, 0.717) is 72.7 Å². The van der Waals surface area contributed by atoms with E-state index >= 15 is 0 Å². The SMILES string of the molecule is C=CC(=O)Cc1cc(-c2nn(C3CCN(CC(=O)NCCCCCC(=O)COc4cccc5c4C(=O)N(C4CCC(=O)NC4=O)C5=O)CC3)c3ncnc(N)c23)ccc1Oc1ccccc1. The third-order valence-electron chi connectivity index (χ3n) is 12.0. The second-order valence-corrected chi connectivity index (χ2v) is 16.5. The highest BCUT2D eigenvalue weighted by atomic mass is 16.5. The molecule has 5 heterocycles. The molecule has 3 aliphatic rings. The van der Waals surface area contributed by atoms with Crippen LogP contribution >= 0.6 is 0 Å². The summed E-state index contributed by atoms with van der Waals surface area (Å²) in [4.78, 5) is 100. The smallest absolute Gasteiger partial charge is 0.266 e. The van der Waals surface area contributed by atoms with E-state index in [9.17, 15) is 33.6 Å². The van der Waals surface area contributed by atoms with Gasteiger partial charge in [0.25, 0.3) is 11.8 Å². The molecule has 2 saturated heterocycles. The lowest BCUT2D eigenvalue weighted by Gasteiger charge is -2.31. The van der Waals surface area contributed by atoms with Crippen molar-refractivity contribution in [2.45, 2.75) is 69.9 Å². The van der Waals surface area contributed by atoms with Gasteiger partial charge in [0.1, 0.15) is 47.7 Å². The Kier molecular flexibility index (Phi) is 13.7. The molecule has 0 radical (unpaired) electrons. The molecule has 2 fully saturated rings. The number of fused-ring (bicyclic) bond motifs is 2. The van der Waals surface area contributed by atoms with E-state index in [2.05, 4.69) is 32.1 Å². The number of piperidine rings is 2. The number of allylic oxidation sites excluding steroid dienone is 1. The van der Waals surface area contributed by atoms with Crippen LogP contribution in [0.1, 0.15) is 83.7 Å². The molecule has 0 bridgehead atoms. The molecule has 18 nitrogen and oxygen atoms in total. The van der Waals surface area contributed by atoms with Crippen LogP contribution in [0, 0.1) is 0 Å². The number of amides is 5. The van der Waals surface area contributed by atoms with Crippen molar-refractivity contribution in [3.8, 4) is 28.5 Å². The number of para-hydroxylation sites is 1. The molecule has 0 saturated carbocycles. The maximum atomic E-state index is 13.3. The van der Waals surface area contributed by atoms with Crippen LogP contribution in [0.15, 0.2) is 85.7 Å². The lowest BCUT2D eigenvalue weighted by molar-refractivity contribution is -0.136. The Balaban J connectivity index is 0.783. The number of anilines is 1. The molecule has 0 aliphatic carbocycles. The summed E-state index contributed by atoms with van der Waals surface area (Å²) in [6.45, 7) is 5.36. The normalized spacial score (nSPS) is 16.5. The summed E-state index contributed by atoms with van der Waals surface area (Å²) in [7, 11) is 0. The highest BCUT2D eigenvalue weighted by Crippen LogP contribution is 2.38. The van der Waals surface area contributed by atoms with Gasteiger partial charge in [-0.15, -0.1) is 0 Å². The number of nitrogens with zero attached hydrogens (tertiary/aromatic N) is 6. The van der Waals surface area contributed by atoms with Crippen molar-refractivity contribution < 1.29 is 43.0 Å². The Morgan fingerprint density at radius 3 is 2.48 bits per heavy atom. The molecule has 2 aromatic heterocycles. The number of ketones is 2. The van der Waals surface area contributed by atoms with Gasteiger partial charge in [-0.25, -0.2) is 14.6 Å². The summed E-state index contributed by atoms with van der Waals surface area (Å²) < 4.78 is 13.8. The van der Waals surface area contributed by atoms with Crippen LogP contribution in [-0.4, -0.2) is 109 Å². The third kappa shape index (κ3) is 9.87. The van der Waals surface area contributed by atoms with Gasteiger partial charge in [0, 0.05) is 50.0 Å². The summed E-state index contributed by atoms with van der Waals surface area (Å²) in [5, 5.41) is 10.8. The molecular formula is C48H49N9O9. The zero-order chi connectivity index (χ0) is 46.3. The van der Waals surface area contributed by atoms with Gasteiger partial charge in [-0.1, -0.05) is 37.3 Å². The van der Waals surface area contributed by atoms with Gasteiger partial charge in [-0.2, -0.15) is 5.10 Å². The summed E-state index contributed by atoms with van der Waals surface area (Å²) in [6, 6.07) is 18.3. The standard InChI is InChI=1S/C48H49N9O9/c1-2-32(58)25-30-24-29(15-17-37(30)66-34-11-6-3-7-12-34)43-42-44(49)51-28-52-45(42)57(54-43)31-19-22-55(23-20-31)26-40(61)50-21-8-4-5-10-33(59)27-65-38-14-9-13-35-41(38)48(64)56(47(35)63)36-16-18-39(60)53-46(36)62/h2-3,6-7,9,11-15,17,24,28,31,36H,1,4-5,8,10,16,18-23,25-27H2,(H,50,61)(H2,49,51,52)(H,53,60,62). The molecule has 1 unspecified atom stereocenters. The molecule has 18 heteroatoms. The Bertz CT molecular complexity index is 2730. The Hall–Kier alpha value is -7.60. The largest absolute Gasteiger partial charge is 0.485 e. The predicted octanol–water partition coefficient (Wildman–Crippen LogP) is 4.53. The molecular weight excluding hydrogens is 847 g/mol. The quantitative estimate of drug-likeness (QED) is 0.0587. The summed E-state index contributed by atoms with van der Waals surface area (Å²) >= 11 is 0. The number of benzene rings is 3. The summed E-state index contributed by atoms with van der Waals surface area (Å²) in [5.74, 6) is -1.42. The van der Waals surface area contributed by atoms with E-state index < -0.39 is 29.7 Å². The molecule has 5 aromatic rings. The lowest BCUT2D eigenvalue weighted by atomic mass is 10.0. The molecule has 3 aromatic carbocycles. The average Bonchev–Trinajstić information content (AvgIpc) is 3.83. The number of likely N-dealkylation sites (tertiary alicyclic amines) is 1. The maximum Gasteiger partial charge on any atom is 0.266 e. The van der Waals surface area contributed by atoms with Crippen molar-refractivity contribution in [2.24, 2.45) is 0 Å². The van der Waals surface area contributed by atoms with Gasteiger partial charge < -0.3 is 20.5 Å². The van der Waals surface area contributed by atoms with Crippen molar-refractivity contribution in [1.82, 2.24) is 40.2 Å². The number of ether oxygens (including phenoxy) is 2. The summed E-state index contributed by atoms with van der Waals surface area (Å²) in [5.41, 5.74) is 9.10. The van der Waals surface area contributed by atoms with Crippen molar-refractivity contribution in [2.75, 3.05) is 38.5 Å². The first-order chi connectivity index (χ1) is 32.0. The molecule has 4 N–H and O–H groups in total. The van der Waals surface area contributed by atoms with Crippen LogP contribution in [0.3, 0.4) is 0 Å². The molecule has 66 heavy (non-hydrogen) atoms. The number of imide groups is 2. The van der Waals surface area contributed by atoms with E-state index in [1.807, 2.05) is 53.2 Å². The topological polar surface area (TPSA) is 238 Å².